The molecule has 1 amide bonds. The fourth-order valence-corrected chi connectivity index (χ4v) is 7.43. The summed E-state index contributed by atoms with van der Waals surface area (Å²) in [4.78, 5) is 12.2. The number of ether oxygens (including phenoxy) is 1. The summed E-state index contributed by atoms with van der Waals surface area (Å²) in [6, 6.07) is 0.116. The van der Waals surface area contributed by atoms with Crippen LogP contribution in [0, 0.1) is 17.8 Å². The zero-order chi connectivity index (χ0) is 25.3. The second kappa shape index (κ2) is 11.3. The van der Waals surface area contributed by atoms with Crippen LogP contribution in [-0.4, -0.2) is 75.7 Å². The van der Waals surface area contributed by atoms with Gasteiger partial charge in [-0.25, -0.2) is 8.78 Å². The number of hydrogen-bond acceptors (Lipinski definition) is 7. The highest BCUT2D eigenvalue weighted by molar-refractivity contribution is 8.00. The molecule has 0 aromatic carbocycles. The predicted octanol–water partition coefficient (Wildman–Crippen LogP) is 2.24. The van der Waals surface area contributed by atoms with E-state index in [-0.39, 0.29) is 42.3 Å². The minimum atomic E-state index is -1.37. The van der Waals surface area contributed by atoms with Crippen LogP contribution in [0.25, 0.3) is 0 Å². The highest BCUT2D eigenvalue weighted by atomic mass is 32.2. The van der Waals surface area contributed by atoms with E-state index in [0.717, 1.165) is 19.3 Å². The minimum Gasteiger partial charge on any atom is -0.390 e. The number of piperidine rings is 1. The number of aliphatic hydroxyl groups is 2. The van der Waals surface area contributed by atoms with Gasteiger partial charge in [-0.05, 0) is 72.1 Å². The van der Waals surface area contributed by atoms with Crippen LogP contribution in [0.3, 0.4) is 0 Å². The van der Waals surface area contributed by atoms with Crippen LogP contribution < -0.4 is 16.4 Å². The van der Waals surface area contributed by atoms with E-state index in [0.29, 0.717) is 13.0 Å². The molecular formula is C24H43F2N3O4S. The number of rotatable bonds is 9. The van der Waals surface area contributed by atoms with Gasteiger partial charge in [-0.1, -0.05) is 0 Å². The van der Waals surface area contributed by atoms with Crippen molar-refractivity contribution in [3.8, 4) is 0 Å². The van der Waals surface area contributed by atoms with Gasteiger partial charge in [0.1, 0.15) is 12.3 Å². The number of carbonyl (C=O) groups excluding carboxylic acids is 1. The number of hydrogen-bond donors (Lipinski definition) is 5. The fourth-order valence-electron chi connectivity index (χ4n) is 5.54. The number of thioether (sulfide) groups is 1. The van der Waals surface area contributed by atoms with Gasteiger partial charge in [0, 0.05) is 17.2 Å². The number of primary amides is 1. The van der Waals surface area contributed by atoms with Gasteiger partial charge in [0.2, 0.25) is 5.91 Å². The molecule has 7 unspecified atom stereocenters. The zero-order valence-electron chi connectivity index (χ0n) is 20.8. The first-order valence-corrected chi connectivity index (χ1v) is 13.5. The van der Waals surface area contributed by atoms with Crippen molar-refractivity contribution in [2.24, 2.45) is 23.5 Å². The monoisotopic (exact) mass is 507 g/mol. The van der Waals surface area contributed by atoms with Gasteiger partial charge in [-0.2, -0.15) is 0 Å². The van der Waals surface area contributed by atoms with Crippen molar-refractivity contribution < 1.29 is 28.5 Å². The molecule has 6 N–H and O–H groups in total. The van der Waals surface area contributed by atoms with Crippen LogP contribution >= 0.6 is 11.8 Å². The van der Waals surface area contributed by atoms with E-state index in [1.54, 1.807) is 27.7 Å². The Hall–Kier alpha value is -0.520. The molecule has 7 nitrogen and oxygen atoms in total. The van der Waals surface area contributed by atoms with Crippen LogP contribution in [0.2, 0.25) is 0 Å². The molecule has 7 atom stereocenters. The molecule has 3 fully saturated rings. The van der Waals surface area contributed by atoms with Gasteiger partial charge < -0.3 is 20.7 Å². The zero-order valence-corrected chi connectivity index (χ0v) is 21.6. The lowest BCUT2D eigenvalue weighted by Gasteiger charge is -2.41. The SMILES string of the molecule is CC(C)(O)COCC1CCCC(NC2SC(C3C(F)CC(C(C)(C)O)CC3F)CC2C(N)=O)N1. The average Bonchev–Trinajstić information content (AvgIpc) is 3.09. The van der Waals surface area contributed by atoms with Crippen molar-refractivity contribution in [2.75, 3.05) is 13.2 Å². The maximum Gasteiger partial charge on any atom is 0.223 e. The lowest BCUT2D eigenvalue weighted by Crippen LogP contribution is -2.55. The molecule has 34 heavy (non-hydrogen) atoms. The average molecular weight is 508 g/mol. The molecule has 3 rings (SSSR count). The van der Waals surface area contributed by atoms with Crippen LogP contribution in [-0.2, 0) is 9.53 Å². The van der Waals surface area contributed by atoms with Gasteiger partial charge in [0.05, 0.1) is 41.9 Å². The Labute approximate surface area is 206 Å². The third-order valence-corrected chi connectivity index (χ3v) is 9.06. The van der Waals surface area contributed by atoms with Gasteiger partial charge >= 0.3 is 0 Å². The Kier molecular flexibility index (Phi) is 9.29. The Bertz CT molecular complexity index is 678. The van der Waals surface area contributed by atoms with Crippen LogP contribution in [0.1, 0.15) is 66.2 Å². The molecule has 0 aromatic heterocycles. The maximum atomic E-state index is 15.2. The lowest BCUT2D eigenvalue weighted by molar-refractivity contribution is -0.122. The van der Waals surface area contributed by atoms with Crippen molar-refractivity contribution in [1.29, 1.82) is 0 Å². The Morgan fingerprint density at radius 3 is 2.35 bits per heavy atom. The minimum absolute atomic E-state index is 0.0594. The molecule has 0 bridgehead atoms. The second-order valence-electron chi connectivity index (χ2n) is 11.6. The third kappa shape index (κ3) is 7.49. The smallest absolute Gasteiger partial charge is 0.223 e. The molecule has 2 aliphatic heterocycles. The van der Waals surface area contributed by atoms with E-state index in [2.05, 4.69) is 10.6 Å². The van der Waals surface area contributed by atoms with Gasteiger partial charge in [0.15, 0.2) is 0 Å². The molecular weight excluding hydrogens is 464 g/mol. The van der Waals surface area contributed by atoms with E-state index < -0.39 is 47.2 Å². The standard InChI is InChI=1S/C24H43F2N3O4S/c1-23(2,31)12-33-11-14-6-5-7-19(28-14)29-22-15(21(27)30)10-18(34-22)20-16(25)8-13(9-17(20)26)24(3,4)32/h13-20,22,28-29,31-32H,5-12H2,1-4H3,(H2,27,30). The normalized spacial score (nSPS) is 39.8. The first-order chi connectivity index (χ1) is 15.7. The van der Waals surface area contributed by atoms with Gasteiger partial charge in [-0.15, -0.1) is 11.8 Å². The number of nitrogens with one attached hydrogen (secondary N) is 2. The van der Waals surface area contributed by atoms with E-state index in [1.807, 2.05) is 0 Å². The van der Waals surface area contributed by atoms with Crippen molar-refractivity contribution in [3.05, 3.63) is 0 Å². The summed E-state index contributed by atoms with van der Waals surface area (Å²) in [5.74, 6) is -2.19. The van der Waals surface area contributed by atoms with Gasteiger partial charge in [0.25, 0.3) is 0 Å². The maximum absolute atomic E-state index is 15.2. The number of alkyl halides is 2. The molecule has 1 aliphatic carbocycles. The van der Waals surface area contributed by atoms with E-state index in [9.17, 15) is 15.0 Å². The lowest BCUT2D eigenvalue weighted by atomic mass is 9.71. The molecule has 1 saturated carbocycles. The van der Waals surface area contributed by atoms with Crippen LogP contribution in [0.15, 0.2) is 0 Å². The Morgan fingerprint density at radius 2 is 1.79 bits per heavy atom. The number of halogens is 2. The second-order valence-corrected chi connectivity index (χ2v) is 13.0. The first-order valence-electron chi connectivity index (χ1n) is 12.5. The van der Waals surface area contributed by atoms with E-state index >= 15 is 8.78 Å². The van der Waals surface area contributed by atoms with Crippen molar-refractivity contribution in [3.63, 3.8) is 0 Å². The molecule has 10 heteroatoms. The summed E-state index contributed by atoms with van der Waals surface area (Å²) in [5, 5.41) is 26.4. The molecule has 0 aromatic rings. The number of carbonyl (C=O) groups is 1. The number of amides is 1. The Morgan fingerprint density at radius 1 is 1.15 bits per heavy atom. The van der Waals surface area contributed by atoms with Crippen LogP contribution in [0.5, 0.6) is 0 Å². The fraction of sp³-hybridized carbons (Fsp3) is 0.958. The van der Waals surface area contributed by atoms with Crippen molar-refractivity contribution in [1.82, 2.24) is 10.6 Å². The molecule has 0 spiro atoms. The molecule has 0 radical (unpaired) electrons. The summed E-state index contributed by atoms with van der Waals surface area (Å²) in [6.07, 6.45) is 0.596. The molecule has 3 aliphatic rings. The largest absolute Gasteiger partial charge is 0.390 e. The first kappa shape index (κ1) is 28.1. The molecule has 198 valence electrons. The summed E-state index contributed by atoms with van der Waals surface area (Å²) >= 11 is 1.43. The Balaban J connectivity index is 1.58. The van der Waals surface area contributed by atoms with Crippen molar-refractivity contribution in [2.45, 2.75) is 113 Å². The molecule has 2 heterocycles. The van der Waals surface area contributed by atoms with Crippen molar-refractivity contribution >= 4 is 17.7 Å². The quantitative estimate of drug-likeness (QED) is 0.325. The predicted molar refractivity (Wildman–Crippen MR) is 130 cm³/mol. The van der Waals surface area contributed by atoms with Crippen LogP contribution in [0.4, 0.5) is 8.78 Å². The summed E-state index contributed by atoms with van der Waals surface area (Å²) < 4.78 is 36.0. The summed E-state index contributed by atoms with van der Waals surface area (Å²) in [5.41, 5.74) is 3.68. The summed E-state index contributed by atoms with van der Waals surface area (Å²) in [7, 11) is 0. The van der Waals surface area contributed by atoms with Gasteiger partial charge in [-0.3, -0.25) is 15.4 Å². The highest BCUT2D eigenvalue weighted by Gasteiger charge is 2.51. The van der Waals surface area contributed by atoms with E-state index in [1.165, 1.54) is 11.8 Å². The topological polar surface area (TPSA) is 117 Å². The highest BCUT2D eigenvalue weighted by Crippen LogP contribution is 2.49. The summed E-state index contributed by atoms with van der Waals surface area (Å²) in [6.45, 7) is 7.32. The number of nitrogens with two attached hydrogens (primary N) is 1. The molecule has 2 saturated heterocycles. The van der Waals surface area contributed by atoms with E-state index in [4.69, 9.17) is 10.5 Å². The third-order valence-electron chi connectivity index (χ3n) is 7.44.